The van der Waals surface area contributed by atoms with Gasteiger partial charge in [-0.25, -0.2) is 0 Å². The fourth-order valence-corrected chi connectivity index (χ4v) is 1.94. The molecule has 0 spiro atoms. The normalized spacial score (nSPS) is 20.6. The van der Waals surface area contributed by atoms with E-state index in [0.717, 1.165) is 19.6 Å². The van der Waals surface area contributed by atoms with Crippen LogP contribution in [-0.4, -0.2) is 48.9 Å². The highest BCUT2D eigenvalue weighted by Crippen LogP contribution is 2.02. The van der Waals surface area contributed by atoms with Crippen LogP contribution in [-0.2, 0) is 4.79 Å². The second-order valence-electron chi connectivity index (χ2n) is 4.38. The van der Waals surface area contributed by atoms with Crippen molar-refractivity contribution in [3.8, 4) is 0 Å². The Balaban J connectivity index is 1.83. The standard InChI is InChI=1S/C12H17N3O3/c1-9-7-13-4-5-15(9)8-11(16)14-12(17)10-3-2-6-18-10/h2-3,6,9,13H,4-5,7-8H2,1H3,(H,14,16,17)/t9-/m1/s1. The molecule has 1 aromatic rings. The number of furan rings is 1. The van der Waals surface area contributed by atoms with Gasteiger partial charge >= 0.3 is 0 Å². The molecule has 2 amide bonds. The molecule has 2 heterocycles. The molecule has 1 atom stereocenters. The molecular formula is C12H17N3O3. The molecule has 1 fully saturated rings. The third kappa shape index (κ3) is 3.18. The zero-order chi connectivity index (χ0) is 13.0. The monoisotopic (exact) mass is 251 g/mol. The molecule has 1 aromatic heterocycles. The number of nitrogens with zero attached hydrogens (tertiary/aromatic N) is 1. The first-order valence-electron chi connectivity index (χ1n) is 5.99. The summed E-state index contributed by atoms with van der Waals surface area (Å²) in [7, 11) is 0. The van der Waals surface area contributed by atoms with Gasteiger partial charge in [0.1, 0.15) is 0 Å². The molecule has 6 nitrogen and oxygen atoms in total. The number of hydrogen-bond donors (Lipinski definition) is 2. The number of carbonyl (C=O) groups excluding carboxylic acids is 2. The van der Waals surface area contributed by atoms with Crippen molar-refractivity contribution < 1.29 is 14.0 Å². The SMILES string of the molecule is C[C@@H]1CNCCN1CC(=O)NC(=O)c1ccco1. The van der Waals surface area contributed by atoms with Crippen LogP contribution in [0.1, 0.15) is 17.5 Å². The minimum Gasteiger partial charge on any atom is -0.459 e. The highest BCUT2D eigenvalue weighted by Gasteiger charge is 2.21. The number of imide groups is 1. The number of carbonyl (C=O) groups is 2. The van der Waals surface area contributed by atoms with Gasteiger partial charge in [0.25, 0.3) is 5.91 Å². The van der Waals surface area contributed by atoms with E-state index in [4.69, 9.17) is 4.42 Å². The van der Waals surface area contributed by atoms with E-state index in [1.54, 1.807) is 6.07 Å². The summed E-state index contributed by atoms with van der Waals surface area (Å²) in [5.74, 6) is -0.644. The van der Waals surface area contributed by atoms with Crippen LogP contribution in [0.3, 0.4) is 0 Å². The first-order chi connectivity index (χ1) is 8.66. The van der Waals surface area contributed by atoms with Crippen molar-refractivity contribution in [2.45, 2.75) is 13.0 Å². The lowest BCUT2D eigenvalue weighted by atomic mass is 10.2. The van der Waals surface area contributed by atoms with Crippen molar-refractivity contribution in [3.05, 3.63) is 24.2 Å². The largest absolute Gasteiger partial charge is 0.459 e. The van der Waals surface area contributed by atoms with Crippen molar-refractivity contribution in [1.82, 2.24) is 15.5 Å². The summed E-state index contributed by atoms with van der Waals surface area (Å²) in [5.41, 5.74) is 0. The first kappa shape index (κ1) is 12.8. The van der Waals surface area contributed by atoms with Crippen LogP contribution in [0.4, 0.5) is 0 Å². The molecule has 0 aromatic carbocycles. The average Bonchev–Trinajstić information content (AvgIpc) is 2.85. The molecule has 0 saturated carbocycles. The Morgan fingerprint density at radius 2 is 2.44 bits per heavy atom. The molecule has 0 radical (unpaired) electrons. The van der Waals surface area contributed by atoms with Gasteiger partial charge in [-0.2, -0.15) is 0 Å². The number of amides is 2. The Kier molecular flexibility index (Phi) is 4.11. The van der Waals surface area contributed by atoms with E-state index >= 15 is 0 Å². The summed E-state index contributed by atoms with van der Waals surface area (Å²) >= 11 is 0. The smallest absolute Gasteiger partial charge is 0.293 e. The maximum Gasteiger partial charge on any atom is 0.293 e. The zero-order valence-electron chi connectivity index (χ0n) is 10.3. The second kappa shape index (κ2) is 5.79. The lowest BCUT2D eigenvalue weighted by Gasteiger charge is -2.33. The molecule has 98 valence electrons. The van der Waals surface area contributed by atoms with E-state index in [9.17, 15) is 9.59 Å². The lowest BCUT2D eigenvalue weighted by molar-refractivity contribution is -0.122. The van der Waals surface area contributed by atoms with Gasteiger partial charge in [0.15, 0.2) is 5.76 Å². The number of piperazine rings is 1. The molecule has 0 unspecified atom stereocenters. The molecule has 0 aliphatic carbocycles. The van der Waals surface area contributed by atoms with Crippen LogP contribution in [0.2, 0.25) is 0 Å². The molecule has 1 aliphatic heterocycles. The zero-order valence-corrected chi connectivity index (χ0v) is 10.3. The summed E-state index contributed by atoms with van der Waals surface area (Å²) in [5, 5.41) is 5.56. The van der Waals surface area contributed by atoms with Crippen molar-refractivity contribution >= 4 is 11.8 Å². The van der Waals surface area contributed by atoms with E-state index < -0.39 is 5.91 Å². The maximum absolute atomic E-state index is 11.7. The van der Waals surface area contributed by atoms with Crippen molar-refractivity contribution in [2.24, 2.45) is 0 Å². The van der Waals surface area contributed by atoms with Gasteiger partial charge in [0, 0.05) is 25.7 Å². The van der Waals surface area contributed by atoms with Crippen molar-refractivity contribution in [1.29, 1.82) is 0 Å². The molecule has 6 heteroatoms. The van der Waals surface area contributed by atoms with Crippen molar-refractivity contribution in [3.63, 3.8) is 0 Å². The fraction of sp³-hybridized carbons (Fsp3) is 0.500. The highest BCUT2D eigenvalue weighted by atomic mass is 16.3. The fourth-order valence-electron chi connectivity index (χ4n) is 1.94. The maximum atomic E-state index is 11.7. The van der Waals surface area contributed by atoms with Crippen molar-refractivity contribution in [2.75, 3.05) is 26.2 Å². The topological polar surface area (TPSA) is 74.6 Å². The van der Waals surface area contributed by atoms with Crippen LogP contribution < -0.4 is 10.6 Å². The van der Waals surface area contributed by atoms with E-state index in [2.05, 4.69) is 10.6 Å². The van der Waals surface area contributed by atoms with Gasteiger partial charge in [0.05, 0.1) is 12.8 Å². The highest BCUT2D eigenvalue weighted by molar-refractivity contribution is 6.03. The first-order valence-corrected chi connectivity index (χ1v) is 5.99. The van der Waals surface area contributed by atoms with E-state index in [1.807, 2.05) is 11.8 Å². The summed E-state index contributed by atoms with van der Waals surface area (Å²) in [6, 6.07) is 3.43. The summed E-state index contributed by atoms with van der Waals surface area (Å²) in [6.07, 6.45) is 1.40. The van der Waals surface area contributed by atoms with Crippen LogP contribution >= 0.6 is 0 Å². The summed E-state index contributed by atoms with van der Waals surface area (Å²) < 4.78 is 4.92. The predicted molar refractivity (Wildman–Crippen MR) is 65.1 cm³/mol. The van der Waals surface area contributed by atoms with E-state index in [0.29, 0.717) is 6.04 Å². The molecule has 1 aliphatic rings. The predicted octanol–water partition coefficient (Wildman–Crippen LogP) is -0.170. The van der Waals surface area contributed by atoms with Gasteiger partial charge in [0.2, 0.25) is 5.91 Å². The summed E-state index contributed by atoms with van der Waals surface area (Å²) in [6.45, 7) is 4.82. The van der Waals surface area contributed by atoms with Crippen LogP contribution in [0, 0.1) is 0 Å². The quantitative estimate of drug-likeness (QED) is 0.780. The van der Waals surface area contributed by atoms with Gasteiger partial charge in [-0.1, -0.05) is 0 Å². The molecule has 0 bridgehead atoms. The Morgan fingerprint density at radius 1 is 1.61 bits per heavy atom. The Bertz CT molecular complexity index is 416. The number of rotatable bonds is 3. The Labute approximate surface area is 105 Å². The molecule has 2 rings (SSSR count). The number of nitrogens with one attached hydrogen (secondary N) is 2. The van der Waals surface area contributed by atoms with Gasteiger partial charge in [-0.3, -0.25) is 19.8 Å². The molecular weight excluding hydrogens is 234 g/mol. The van der Waals surface area contributed by atoms with Gasteiger partial charge < -0.3 is 9.73 Å². The minimum atomic E-state index is -0.493. The van der Waals surface area contributed by atoms with Gasteiger partial charge in [-0.05, 0) is 19.1 Å². The van der Waals surface area contributed by atoms with Gasteiger partial charge in [-0.15, -0.1) is 0 Å². The van der Waals surface area contributed by atoms with Crippen LogP contribution in [0.5, 0.6) is 0 Å². The van der Waals surface area contributed by atoms with E-state index in [1.165, 1.54) is 12.3 Å². The second-order valence-corrected chi connectivity index (χ2v) is 4.38. The number of hydrogen-bond acceptors (Lipinski definition) is 5. The average molecular weight is 251 g/mol. The third-order valence-electron chi connectivity index (χ3n) is 2.98. The van der Waals surface area contributed by atoms with Crippen LogP contribution in [0.25, 0.3) is 0 Å². The minimum absolute atomic E-state index is 0.150. The molecule has 2 N–H and O–H groups in total. The third-order valence-corrected chi connectivity index (χ3v) is 2.98. The summed E-state index contributed by atoms with van der Waals surface area (Å²) in [4.78, 5) is 25.4. The Hall–Kier alpha value is -1.66. The van der Waals surface area contributed by atoms with Crippen LogP contribution in [0.15, 0.2) is 22.8 Å². The lowest BCUT2D eigenvalue weighted by Crippen LogP contribution is -2.53. The molecule has 18 heavy (non-hydrogen) atoms. The van der Waals surface area contributed by atoms with E-state index in [-0.39, 0.29) is 18.2 Å². The Morgan fingerprint density at radius 3 is 3.11 bits per heavy atom. The molecule has 1 saturated heterocycles.